The fraction of sp³-hybridized carbons (Fsp3) is 0.0160. The molecule has 4 N–H and O–H groups in total. The van der Waals surface area contributed by atoms with Crippen molar-refractivity contribution < 1.29 is 20.1 Å². The zero-order valence-corrected chi connectivity index (χ0v) is 80.9. The summed E-state index contributed by atoms with van der Waals surface area (Å²) >= 11 is 13.8. The van der Waals surface area contributed by atoms with Crippen molar-refractivity contribution in [3.05, 3.63) is 516 Å². The van der Waals surface area contributed by atoms with Gasteiger partial charge in [-0.2, -0.15) is 0 Å². The number of hydrogen-bond acceptors (Lipinski definition) is 13. The van der Waals surface area contributed by atoms with E-state index in [9.17, 15) is 10.0 Å². The molecule has 2 atom stereocenters. The number of rotatable bonds is 14. The van der Waals surface area contributed by atoms with Crippen LogP contribution in [0.2, 0.25) is 5.02 Å². The summed E-state index contributed by atoms with van der Waals surface area (Å²) in [6.07, 6.45) is 18.2. The van der Waals surface area contributed by atoms with E-state index < -0.39 is 14.2 Å². The van der Waals surface area contributed by atoms with E-state index in [2.05, 4.69) is 220 Å². The third-order valence-electron chi connectivity index (χ3n) is 25.4. The highest BCUT2D eigenvalue weighted by Gasteiger charge is 2.34. The Balaban J connectivity index is 0.000000113. The van der Waals surface area contributed by atoms with Gasteiger partial charge in [-0.3, -0.25) is 0 Å². The first kappa shape index (κ1) is 92.8. The van der Waals surface area contributed by atoms with Crippen molar-refractivity contribution in [1.82, 2.24) is 44.9 Å². The monoisotopic (exact) mass is 1990 g/mol. The zero-order chi connectivity index (χ0) is 97.1. The Kier molecular flexibility index (Phi) is 27.7. The normalized spacial score (nSPS) is 13.2. The van der Waals surface area contributed by atoms with E-state index in [1.165, 1.54) is 65.0 Å². The van der Waals surface area contributed by atoms with Crippen LogP contribution in [0.1, 0.15) is 0 Å². The van der Waals surface area contributed by atoms with Gasteiger partial charge in [0, 0.05) is 75.9 Å². The summed E-state index contributed by atoms with van der Waals surface area (Å²) in [5.41, 5.74) is 18.4. The van der Waals surface area contributed by atoms with E-state index in [0.29, 0.717) is 74.3 Å². The number of benzene rings is 19. The van der Waals surface area contributed by atoms with Gasteiger partial charge in [0.25, 0.3) is 0 Å². The maximum Gasteiger partial charge on any atom is 0.489 e. The molecule has 19 aromatic carbocycles. The summed E-state index contributed by atoms with van der Waals surface area (Å²) in [4.78, 5) is 44.0. The molecule has 3 aliphatic rings. The highest BCUT2D eigenvalue weighted by atomic mass is 79.9. The molecule has 18 heteroatoms. The average Bonchev–Trinajstić information content (AvgIpc) is 0.760. The molecule has 3 aliphatic carbocycles. The van der Waals surface area contributed by atoms with Crippen molar-refractivity contribution in [3.63, 3.8) is 0 Å². The Morgan fingerprint density at radius 3 is 0.944 bits per heavy atom. The van der Waals surface area contributed by atoms with Crippen LogP contribution in [-0.4, -0.2) is 79.2 Å². The molecule has 0 radical (unpaired) electrons. The predicted molar refractivity (Wildman–Crippen MR) is 595 cm³/mol. The van der Waals surface area contributed by atoms with Gasteiger partial charge in [0.1, 0.15) is 0 Å². The SMILES string of the molecule is Brc1cc(Br)cc(-c2nc(-c3ccccc3)nc(-c3ccccc3)n2)c1.Clc1cc(-c2nc(-c3ccccc3)nc(-c3ccccc3)n2)cc(-c2cc3ccccc3c3ccccc23)c1.OB(O)C1=C2C=CC=CC2C2C=CC=CC2=C1.OB(O)c1cccc2ccccc12.c1ccc(-c2nc(-c3ccccc3)nc(-c3cc(-c4cccc5ccccc45)cc(-c4cc5ccccc5c5ccccc45)c3)n2)cc1. The van der Waals surface area contributed by atoms with Crippen LogP contribution in [0, 0.1) is 11.8 Å². The van der Waals surface area contributed by atoms with Gasteiger partial charge in [0.2, 0.25) is 0 Å². The van der Waals surface area contributed by atoms with E-state index in [4.69, 9.17) is 66.5 Å². The minimum absolute atomic E-state index is 0.220. The van der Waals surface area contributed by atoms with Crippen LogP contribution in [0.5, 0.6) is 0 Å². The molecule has 143 heavy (non-hydrogen) atoms. The van der Waals surface area contributed by atoms with E-state index in [-0.39, 0.29) is 5.92 Å². The van der Waals surface area contributed by atoms with Crippen molar-refractivity contribution in [2.45, 2.75) is 0 Å². The van der Waals surface area contributed by atoms with Gasteiger partial charge in [-0.25, -0.2) is 44.9 Å². The minimum atomic E-state index is -1.41. The number of halogens is 3. The molecule has 22 aromatic rings. The van der Waals surface area contributed by atoms with Crippen molar-refractivity contribution in [2.24, 2.45) is 11.8 Å². The fourth-order valence-electron chi connectivity index (χ4n) is 18.7. The molecule has 0 spiro atoms. The standard InChI is InChI=1S/C45H29N3.C35H22ClN3.C21H13Br2N3.C14H13BO2.C10H9BO2/c1-3-15-31(16-4-1)43-46-44(32-17-5-2-6-18-32)48-45(47-43)36-27-34(39-25-13-20-30-14-7-9-21-37(30)39)26-35(28-36)42-29-33-19-8-10-22-38(33)40-23-11-12-24-41(40)42;36-28-20-26(32-22-25-15-7-8-16-29(25)30-17-9-10-18-31(30)32)19-27(21-28)35-38-33(23-11-3-1-4-12-23)37-34(39-35)24-13-5-2-6-14-24;22-17-11-16(12-18(23)13-17)21-25-19(14-7-3-1-4-8-14)24-20(26-21)15-9-5-2-6-10-15;16-15(17)14-9-10-5-1-2-6-11(10)12-7-3-4-8-13(12)14;12-11(13)10-7-3-5-8-4-1-2-6-9(8)10/h1-29H;1-22H;1-13H;1-9,11-12,16-17H;1-7,12-13H. The number of aromatic nitrogens is 9. The number of hydrogen-bond donors (Lipinski definition) is 4. The van der Waals surface area contributed by atoms with Crippen LogP contribution in [0.15, 0.2) is 511 Å². The van der Waals surface area contributed by atoms with Crippen molar-refractivity contribution in [1.29, 1.82) is 0 Å². The second kappa shape index (κ2) is 42.6. The lowest BCUT2D eigenvalue weighted by atomic mass is 9.63. The molecule has 0 aliphatic heterocycles. The molecule has 682 valence electrons. The van der Waals surface area contributed by atoms with Gasteiger partial charge >= 0.3 is 14.2 Å². The van der Waals surface area contributed by atoms with Gasteiger partial charge < -0.3 is 20.1 Å². The summed E-state index contributed by atoms with van der Waals surface area (Å²) in [5.74, 6) is 6.25. The van der Waals surface area contributed by atoms with Crippen molar-refractivity contribution >= 4 is 128 Å². The van der Waals surface area contributed by atoms with Crippen LogP contribution in [0.25, 0.3) is 201 Å². The van der Waals surface area contributed by atoms with Gasteiger partial charge in [-0.1, -0.05) is 462 Å². The highest BCUT2D eigenvalue weighted by molar-refractivity contribution is 9.11. The lowest BCUT2D eigenvalue weighted by Crippen LogP contribution is -2.30. The average molecular weight is 2000 g/mol. The first-order chi connectivity index (χ1) is 70.3. The lowest BCUT2D eigenvalue weighted by molar-refractivity contribution is 0.418. The summed E-state index contributed by atoms with van der Waals surface area (Å²) in [5, 5.41) is 51.7. The van der Waals surface area contributed by atoms with E-state index in [0.717, 1.165) is 103 Å². The Bertz CT molecular complexity index is 8520. The third-order valence-corrected chi connectivity index (χ3v) is 26.5. The van der Waals surface area contributed by atoms with E-state index in [1.807, 2.05) is 291 Å². The molecular weight excluding hydrogens is 1910 g/mol. The predicted octanol–water partition coefficient (Wildman–Crippen LogP) is 29.8. The third kappa shape index (κ3) is 20.8. The molecule has 0 saturated heterocycles. The fourth-order valence-corrected chi connectivity index (χ4v) is 20.2. The van der Waals surface area contributed by atoms with Crippen LogP contribution in [0.4, 0.5) is 0 Å². The second-order valence-electron chi connectivity index (χ2n) is 34.6. The van der Waals surface area contributed by atoms with Crippen molar-refractivity contribution in [3.8, 4) is 136 Å². The van der Waals surface area contributed by atoms with E-state index in [1.54, 1.807) is 6.07 Å². The molecule has 3 aromatic heterocycles. The minimum Gasteiger partial charge on any atom is -0.423 e. The molecule has 0 saturated carbocycles. The Morgan fingerprint density at radius 2 is 0.524 bits per heavy atom. The van der Waals surface area contributed by atoms with Crippen molar-refractivity contribution in [2.75, 3.05) is 0 Å². The van der Waals surface area contributed by atoms with Gasteiger partial charge in [0.05, 0.1) is 0 Å². The molecule has 0 amide bonds. The summed E-state index contributed by atoms with van der Waals surface area (Å²) in [6.45, 7) is 0. The Hall–Kier alpha value is -16.6. The number of allylic oxidation sites excluding steroid dienone is 12. The largest absolute Gasteiger partial charge is 0.489 e. The number of fused-ring (bicyclic) bond motifs is 11. The van der Waals surface area contributed by atoms with Crippen LogP contribution < -0.4 is 5.46 Å². The molecule has 3 heterocycles. The first-order valence-corrected chi connectivity index (χ1v) is 48.9. The van der Waals surface area contributed by atoms with Crippen LogP contribution in [-0.2, 0) is 0 Å². The topological polar surface area (TPSA) is 197 Å². The Morgan fingerprint density at radius 1 is 0.224 bits per heavy atom. The highest BCUT2D eigenvalue weighted by Crippen LogP contribution is 2.45. The molecule has 0 bridgehead atoms. The Labute approximate surface area is 849 Å². The molecular formula is C125H86B2Br2ClN9O4. The van der Waals surface area contributed by atoms with E-state index >= 15 is 0 Å². The first-order valence-electron chi connectivity index (χ1n) is 47.0. The maximum atomic E-state index is 9.46. The summed E-state index contributed by atoms with van der Waals surface area (Å²) in [7, 11) is -2.80. The zero-order valence-electron chi connectivity index (χ0n) is 76.9. The number of nitrogens with zero attached hydrogens (tertiary/aromatic N) is 9. The lowest BCUT2D eigenvalue weighted by Gasteiger charge is -2.33. The molecule has 0 fully saturated rings. The maximum absolute atomic E-state index is 9.46. The van der Waals surface area contributed by atoms with Crippen LogP contribution in [0.3, 0.4) is 0 Å². The summed E-state index contributed by atoms with van der Waals surface area (Å²) in [6, 6.07) is 146. The molecule has 13 nitrogen and oxygen atoms in total. The van der Waals surface area contributed by atoms with Gasteiger partial charge in [-0.05, 0) is 187 Å². The van der Waals surface area contributed by atoms with Gasteiger partial charge in [0.15, 0.2) is 52.4 Å². The van der Waals surface area contributed by atoms with Gasteiger partial charge in [-0.15, -0.1) is 0 Å². The quantitative estimate of drug-likeness (QED) is 0.0593. The second-order valence-corrected chi connectivity index (χ2v) is 36.9. The summed E-state index contributed by atoms with van der Waals surface area (Å²) < 4.78 is 1.93. The molecule has 2 unspecified atom stereocenters. The van der Waals surface area contributed by atoms with Crippen LogP contribution >= 0.6 is 43.5 Å². The smallest absolute Gasteiger partial charge is 0.423 e. The molecule has 25 rings (SSSR count).